The fourth-order valence-electron chi connectivity index (χ4n) is 1.71. The molecule has 0 fully saturated rings. The van der Waals surface area contributed by atoms with Gasteiger partial charge in [-0.05, 0) is 47.1 Å². The van der Waals surface area contributed by atoms with E-state index in [0.29, 0.717) is 4.47 Å². The molecular weight excluding hydrogens is 343 g/mol. The van der Waals surface area contributed by atoms with Crippen LogP contribution in [0, 0.1) is 12.7 Å². The third-order valence-electron chi connectivity index (χ3n) is 2.75. The molecule has 0 aliphatic carbocycles. The van der Waals surface area contributed by atoms with Gasteiger partial charge in [0.15, 0.2) is 0 Å². The van der Waals surface area contributed by atoms with Crippen LogP contribution >= 0.6 is 15.9 Å². The first-order valence-electron chi connectivity index (χ1n) is 5.86. The topological polar surface area (TPSA) is 79.3 Å². The Morgan fingerprint density at radius 2 is 2.00 bits per heavy atom. The van der Waals surface area contributed by atoms with Crippen LogP contribution < -0.4 is 5.32 Å². The molecule has 0 radical (unpaired) electrons. The van der Waals surface area contributed by atoms with E-state index in [1.165, 1.54) is 31.2 Å². The first kappa shape index (κ1) is 15.1. The first-order chi connectivity index (χ1) is 9.90. The predicted molar refractivity (Wildman–Crippen MR) is 78.0 cm³/mol. The Labute approximate surface area is 128 Å². The van der Waals surface area contributed by atoms with Crippen LogP contribution in [0.1, 0.15) is 26.5 Å². The lowest BCUT2D eigenvalue weighted by atomic mass is 10.2. The SMILES string of the molecule is Cc1nc(C(=O)Nc2c(F)cccc2Br)ccc1C(=O)O. The summed E-state index contributed by atoms with van der Waals surface area (Å²) in [5, 5.41) is 11.3. The highest BCUT2D eigenvalue weighted by Gasteiger charge is 2.15. The summed E-state index contributed by atoms with van der Waals surface area (Å²) in [7, 11) is 0. The summed E-state index contributed by atoms with van der Waals surface area (Å²) in [6, 6.07) is 6.87. The van der Waals surface area contributed by atoms with E-state index in [1.807, 2.05) is 0 Å². The molecule has 1 aromatic heterocycles. The zero-order valence-electron chi connectivity index (χ0n) is 10.9. The summed E-state index contributed by atoms with van der Waals surface area (Å²) in [5.74, 6) is -2.33. The molecule has 0 saturated heterocycles. The van der Waals surface area contributed by atoms with Crippen LogP contribution in [-0.2, 0) is 0 Å². The van der Waals surface area contributed by atoms with E-state index in [-0.39, 0.29) is 22.6 Å². The molecular formula is C14H10BrFN2O3. The number of aromatic carboxylic acids is 1. The minimum absolute atomic E-state index is 0.00395. The Morgan fingerprint density at radius 1 is 1.29 bits per heavy atom. The maximum atomic E-state index is 13.6. The van der Waals surface area contributed by atoms with Gasteiger partial charge in [0.05, 0.1) is 16.9 Å². The number of hydrogen-bond acceptors (Lipinski definition) is 3. The monoisotopic (exact) mass is 352 g/mol. The van der Waals surface area contributed by atoms with Crippen LogP contribution in [0.25, 0.3) is 0 Å². The van der Waals surface area contributed by atoms with E-state index in [2.05, 4.69) is 26.2 Å². The Hall–Kier alpha value is -2.28. The summed E-state index contributed by atoms with van der Waals surface area (Å²) >= 11 is 3.14. The number of aromatic nitrogens is 1. The van der Waals surface area contributed by atoms with Crippen LogP contribution in [0.2, 0.25) is 0 Å². The summed E-state index contributed by atoms with van der Waals surface area (Å²) < 4.78 is 14.0. The smallest absolute Gasteiger partial charge is 0.337 e. The number of carboxylic acids is 1. The molecule has 5 nitrogen and oxygen atoms in total. The van der Waals surface area contributed by atoms with Crippen LogP contribution in [0.3, 0.4) is 0 Å². The standard InChI is InChI=1S/C14H10BrFN2O3/c1-7-8(14(20)21)5-6-11(17-7)13(19)18-12-9(15)3-2-4-10(12)16/h2-6H,1H3,(H,18,19)(H,20,21). The van der Waals surface area contributed by atoms with E-state index < -0.39 is 17.7 Å². The van der Waals surface area contributed by atoms with E-state index in [0.717, 1.165) is 0 Å². The van der Waals surface area contributed by atoms with E-state index in [4.69, 9.17) is 5.11 Å². The number of carboxylic acid groups (broad SMARTS) is 1. The summed E-state index contributed by atoms with van der Waals surface area (Å²) in [5.41, 5.74) is 0.235. The lowest BCUT2D eigenvalue weighted by Gasteiger charge is -2.09. The van der Waals surface area contributed by atoms with Crippen LogP contribution in [0.15, 0.2) is 34.8 Å². The van der Waals surface area contributed by atoms with Crippen molar-refractivity contribution in [3.05, 3.63) is 57.6 Å². The lowest BCUT2D eigenvalue weighted by Crippen LogP contribution is -2.16. The molecule has 108 valence electrons. The number of benzene rings is 1. The number of amides is 1. The second-order valence-electron chi connectivity index (χ2n) is 4.19. The van der Waals surface area contributed by atoms with Crippen molar-refractivity contribution in [2.45, 2.75) is 6.92 Å². The van der Waals surface area contributed by atoms with E-state index in [9.17, 15) is 14.0 Å². The highest BCUT2D eigenvalue weighted by Crippen LogP contribution is 2.25. The Morgan fingerprint density at radius 3 is 2.57 bits per heavy atom. The summed E-state index contributed by atoms with van der Waals surface area (Å²) in [6.07, 6.45) is 0. The number of carbonyl (C=O) groups is 2. The van der Waals surface area contributed by atoms with Gasteiger partial charge < -0.3 is 10.4 Å². The van der Waals surface area contributed by atoms with Crippen molar-refractivity contribution in [3.63, 3.8) is 0 Å². The molecule has 0 saturated carbocycles. The molecule has 21 heavy (non-hydrogen) atoms. The Kier molecular flexibility index (Phi) is 4.32. The zero-order chi connectivity index (χ0) is 15.6. The molecule has 0 spiro atoms. The normalized spacial score (nSPS) is 10.2. The third kappa shape index (κ3) is 3.25. The van der Waals surface area contributed by atoms with Gasteiger partial charge in [-0.3, -0.25) is 4.79 Å². The predicted octanol–water partition coefficient (Wildman–Crippen LogP) is 3.24. The number of carbonyl (C=O) groups excluding carboxylic acids is 1. The largest absolute Gasteiger partial charge is 0.478 e. The van der Waals surface area contributed by atoms with Crippen molar-refractivity contribution < 1.29 is 19.1 Å². The van der Waals surface area contributed by atoms with Crippen molar-refractivity contribution in [1.29, 1.82) is 0 Å². The number of pyridine rings is 1. The summed E-state index contributed by atoms with van der Waals surface area (Å²) in [4.78, 5) is 26.8. The van der Waals surface area contributed by atoms with Crippen molar-refractivity contribution in [3.8, 4) is 0 Å². The van der Waals surface area contributed by atoms with Crippen molar-refractivity contribution in [2.75, 3.05) is 5.32 Å². The maximum Gasteiger partial charge on any atom is 0.337 e. The van der Waals surface area contributed by atoms with Gasteiger partial charge in [0.2, 0.25) is 0 Å². The number of anilines is 1. The van der Waals surface area contributed by atoms with Crippen LogP contribution in [0.4, 0.5) is 10.1 Å². The van der Waals surface area contributed by atoms with Gasteiger partial charge in [0.25, 0.3) is 5.91 Å². The minimum Gasteiger partial charge on any atom is -0.478 e. The second-order valence-corrected chi connectivity index (χ2v) is 5.04. The van der Waals surface area contributed by atoms with Gasteiger partial charge in [-0.25, -0.2) is 14.2 Å². The molecule has 0 unspecified atom stereocenters. The molecule has 0 atom stereocenters. The van der Waals surface area contributed by atoms with Gasteiger partial charge in [-0.1, -0.05) is 6.07 Å². The number of nitrogens with zero attached hydrogens (tertiary/aromatic N) is 1. The van der Waals surface area contributed by atoms with Crippen LogP contribution in [0.5, 0.6) is 0 Å². The zero-order valence-corrected chi connectivity index (χ0v) is 12.4. The Bertz CT molecular complexity index is 714. The van der Waals surface area contributed by atoms with Gasteiger partial charge in [-0.2, -0.15) is 0 Å². The molecule has 7 heteroatoms. The average Bonchev–Trinajstić information content (AvgIpc) is 2.42. The van der Waals surface area contributed by atoms with E-state index in [1.54, 1.807) is 6.07 Å². The molecule has 1 aromatic carbocycles. The molecule has 1 heterocycles. The van der Waals surface area contributed by atoms with Crippen LogP contribution in [-0.4, -0.2) is 22.0 Å². The average molecular weight is 353 g/mol. The first-order valence-corrected chi connectivity index (χ1v) is 6.65. The molecule has 2 rings (SSSR count). The molecule has 1 amide bonds. The van der Waals surface area contributed by atoms with Gasteiger partial charge in [0.1, 0.15) is 11.5 Å². The van der Waals surface area contributed by atoms with Crippen molar-refractivity contribution in [1.82, 2.24) is 4.98 Å². The van der Waals surface area contributed by atoms with Gasteiger partial charge in [0, 0.05) is 4.47 Å². The fraction of sp³-hybridized carbons (Fsp3) is 0.0714. The molecule has 2 aromatic rings. The molecule has 2 N–H and O–H groups in total. The van der Waals surface area contributed by atoms with Crippen molar-refractivity contribution in [2.24, 2.45) is 0 Å². The number of hydrogen-bond donors (Lipinski definition) is 2. The quantitative estimate of drug-likeness (QED) is 0.888. The minimum atomic E-state index is -1.12. The second kappa shape index (κ2) is 6.01. The van der Waals surface area contributed by atoms with E-state index >= 15 is 0 Å². The van der Waals surface area contributed by atoms with Crippen molar-refractivity contribution >= 4 is 33.5 Å². The molecule has 0 aliphatic heterocycles. The number of halogens is 2. The molecule has 0 bridgehead atoms. The number of para-hydroxylation sites is 1. The highest BCUT2D eigenvalue weighted by molar-refractivity contribution is 9.10. The number of rotatable bonds is 3. The summed E-state index contributed by atoms with van der Waals surface area (Å²) in [6.45, 7) is 1.49. The number of nitrogens with one attached hydrogen (secondary N) is 1. The highest BCUT2D eigenvalue weighted by atomic mass is 79.9. The number of aryl methyl sites for hydroxylation is 1. The third-order valence-corrected chi connectivity index (χ3v) is 3.41. The Balaban J connectivity index is 2.29. The molecule has 0 aliphatic rings. The maximum absolute atomic E-state index is 13.6. The fourth-order valence-corrected chi connectivity index (χ4v) is 2.15. The van der Waals surface area contributed by atoms with Gasteiger partial charge in [-0.15, -0.1) is 0 Å². The van der Waals surface area contributed by atoms with Gasteiger partial charge >= 0.3 is 5.97 Å². The lowest BCUT2D eigenvalue weighted by molar-refractivity contribution is 0.0695.